The number of hydrogen-bond donors (Lipinski definition) is 0. The molecular formula is C15H20NO5P. The molecule has 1 saturated heterocycles. The minimum Gasteiger partial charge on any atom is -0.444 e. The zero-order valence-corrected chi connectivity index (χ0v) is 13.6. The molecule has 1 atom stereocenters. The van der Waals surface area contributed by atoms with Crippen LogP contribution in [0.25, 0.3) is 0 Å². The Morgan fingerprint density at radius 1 is 1.36 bits per heavy atom. The first-order chi connectivity index (χ1) is 10.4. The molecule has 1 fully saturated rings. The van der Waals surface area contributed by atoms with Crippen LogP contribution in [0.3, 0.4) is 0 Å². The van der Waals surface area contributed by atoms with Crippen LogP contribution in [0.15, 0.2) is 30.3 Å². The molecule has 0 radical (unpaired) electrons. The monoisotopic (exact) mass is 325 g/mol. The Bertz CT molecular complexity index is 583. The summed E-state index contributed by atoms with van der Waals surface area (Å²) in [5.74, 6) is -0.467. The average Bonchev–Trinajstić information content (AvgIpc) is 2.84. The van der Waals surface area contributed by atoms with E-state index in [-0.39, 0.29) is 13.3 Å². The number of esters is 1. The Kier molecular flexibility index (Phi) is 5.24. The minimum absolute atomic E-state index is 0.116. The molecule has 1 aromatic carbocycles. The first kappa shape index (κ1) is 16.6. The number of ether oxygens (including phenoxy) is 2. The van der Waals surface area contributed by atoms with Crippen molar-refractivity contribution in [2.24, 2.45) is 0 Å². The summed E-state index contributed by atoms with van der Waals surface area (Å²) in [5, 5.41) is 0. The van der Waals surface area contributed by atoms with Gasteiger partial charge in [0.25, 0.3) is 0 Å². The molecule has 0 spiro atoms. The predicted octanol–water partition coefficient (Wildman–Crippen LogP) is 2.52. The highest BCUT2D eigenvalue weighted by molar-refractivity contribution is 7.62. The van der Waals surface area contributed by atoms with Crippen molar-refractivity contribution in [1.29, 1.82) is 0 Å². The largest absolute Gasteiger partial charge is 0.444 e. The Hall–Kier alpha value is -1.81. The lowest BCUT2D eigenvalue weighted by molar-refractivity contribution is -0.139. The molecule has 0 saturated carbocycles. The summed E-state index contributed by atoms with van der Waals surface area (Å²) in [6, 6.07) is 8.57. The Balaban J connectivity index is 1.92. The van der Waals surface area contributed by atoms with Crippen molar-refractivity contribution in [2.45, 2.75) is 19.1 Å². The van der Waals surface area contributed by atoms with Gasteiger partial charge in [0.15, 0.2) is 6.73 Å². The number of carbonyl (C=O) groups is 2. The molecule has 1 aliphatic heterocycles. The van der Waals surface area contributed by atoms with Crippen molar-refractivity contribution in [3.63, 3.8) is 0 Å². The smallest absolute Gasteiger partial charge is 0.413 e. The maximum Gasteiger partial charge on any atom is 0.413 e. The lowest BCUT2D eigenvalue weighted by Gasteiger charge is -2.20. The number of nitrogens with zero attached hydrogens (tertiary/aromatic N) is 1. The van der Waals surface area contributed by atoms with Crippen LogP contribution >= 0.6 is 7.14 Å². The number of rotatable bonds is 5. The van der Waals surface area contributed by atoms with E-state index in [1.165, 1.54) is 4.90 Å². The molecule has 1 aromatic rings. The van der Waals surface area contributed by atoms with Gasteiger partial charge >= 0.3 is 12.1 Å². The molecule has 7 heteroatoms. The van der Waals surface area contributed by atoms with Gasteiger partial charge in [0.2, 0.25) is 0 Å². The molecule has 1 aliphatic rings. The van der Waals surface area contributed by atoms with Crippen LogP contribution in [0.5, 0.6) is 0 Å². The predicted molar refractivity (Wildman–Crippen MR) is 82.2 cm³/mol. The standard InChI is InChI=1S/C15H20NO5P/c1-22(2,19)9-8-13-14(17)21-11-16(13)15(18)20-10-12-6-4-3-5-7-12/h3-7,13H,8-11H2,1-2H3. The summed E-state index contributed by atoms with van der Waals surface area (Å²) in [4.78, 5) is 25.1. The van der Waals surface area contributed by atoms with E-state index in [1.54, 1.807) is 13.3 Å². The zero-order valence-electron chi connectivity index (χ0n) is 12.7. The average molecular weight is 325 g/mol. The Labute approximate surface area is 129 Å². The number of hydrogen-bond acceptors (Lipinski definition) is 5. The molecule has 0 N–H and O–H groups in total. The molecule has 6 nitrogen and oxygen atoms in total. The van der Waals surface area contributed by atoms with E-state index in [2.05, 4.69) is 0 Å². The second-order valence-corrected chi connectivity index (χ2v) is 9.30. The third kappa shape index (κ3) is 4.60. The number of carbonyl (C=O) groups excluding carboxylic acids is 2. The second kappa shape index (κ2) is 6.97. The fourth-order valence-corrected chi connectivity index (χ4v) is 3.00. The van der Waals surface area contributed by atoms with Crippen LogP contribution in [0.1, 0.15) is 12.0 Å². The van der Waals surface area contributed by atoms with Crippen molar-refractivity contribution in [1.82, 2.24) is 4.90 Å². The van der Waals surface area contributed by atoms with E-state index in [0.717, 1.165) is 5.56 Å². The van der Waals surface area contributed by atoms with E-state index < -0.39 is 25.2 Å². The maximum atomic E-state index is 12.1. The third-order valence-electron chi connectivity index (χ3n) is 3.37. The van der Waals surface area contributed by atoms with Crippen LogP contribution in [0.4, 0.5) is 4.79 Å². The van der Waals surface area contributed by atoms with Gasteiger partial charge in [-0.15, -0.1) is 0 Å². The summed E-state index contributed by atoms with van der Waals surface area (Å²) in [7, 11) is -2.25. The van der Waals surface area contributed by atoms with Crippen LogP contribution in [-0.2, 0) is 25.4 Å². The lowest BCUT2D eigenvalue weighted by atomic mass is 10.2. The molecule has 1 amide bonds. The van der Waals surface area contributed by atoms with Crippen LogP contribution in [-0.4, -0.2) is 49.2 Å². The second-order valence-electron chi connectivity index (χ2n) is 5.70. The molecule has 1 unspecified atom stereocenters. The van der Waals surface area contributed by atoms with E-state index in [1.807, 2.05) is 30.3 Å². The van der Waals surface area contributed by atoms with E-state index >= 15 is 0 Å². The molecule has 2 rings (SSSR count). The fourth-order valence-electron chi connectivity index (χ4n) is 2.14. The van der Waals surface area contributed by atoms with Crippen LogP contribution in [0, 0.1) is 0 Å². The molecular weight excluding hydrogens is 305 g/mol. The highest BCUT2D eigenvalue weighted by atomic mass is 31.2. The van der Waals surface area contributed by atoms with Gasteiger partial charge in [-0.2, -0.15) is 0 Å². The first-order valence-corrected chi connectivity index (χ1v) is 9.83. The summed E-state index contributed by atoms with van der Waals surface area (Å²) in [6.07, 6.45) is 0.112. The minimum atomic E-state index is -2.25. The van der Waals surface area contributed by atoms with Crippen molar-refractivity contribution in [3.05, 3.63) is 35.9 Å². The van der Waals surface area contributed by atoms with E-state index in [0.29, 0.717) is 12.6 Å². The summed E-state index contributed by atoms with van der Waals surface area (Å²) in [5.41, 5.74) is 0.866. The van der Waals surface area contributed by atoms with E-state index in [4.69, 9.17) is 9.47 Å². The van der Waals surface area contributed by atoms with Crippen LogP contribution < -0.4 is 0 Å². The number of cyclic esters (lactones) is 1. The highest BCUT2D eigenvalue weighted by Crippen LogP contribution is 2.37. The first-order valence-electron chi connectivity index (χ1n) is 7.05. The maximum absolute atomic E-state index is 12.1. The molecule has 0 bridgehead atoms. The van der Waals surface area contributed by atoms with Crippen LogP contribution in [0.2, 0.25) is 0 Å². The molecule has 22 heavy (non-hydrogen) atoms. The van der Waals surface area contributed by atoms with Gasteiger partial charge in [-0.05, 0) is 25.3 Å². The normalized spacial score (nSPS) is 18.2. The molecule has 120 valence electrons. The fraction of sp³-hybridized carbons (Fsp3) is 0.467. The van der Waals surface area contributed by atoms with Gasteiger partial charge in [-0.25, -0.2) is 9.59 Å². The van der Waals surface area contributed by atoms with Gasteiger partial charge in [-0.3, -0.25) is 4.90 Å². The van der Waals surface area contributed by atoms with Gasteiger partial charge < -0.3 is 14.0 Å². The van der Waals surface area contributed by atoms with Gasteiger partial charge in [0.05, 0.1) is 7.14 Å². The third-order valence-corrected chi connectivity index (χ3v) is 4.71. The quantitative estimate of drug-likeness (QED) is 0.614. The zero-order chi connectivity index (χ0) is 16.2. The summed E-state index contributed by atoms with van der Waals surface area (Å²) >= 11 is 0. The van der Waals surface area contributed by atoms with Gasteiger partial charge in [0.1, 0.15) is 12.6 Å². The van der Waals surface area contributed by atoms with Crippen molar-refractivity contribution < 1.29 is 23.6 Å². The molecule has 0 aliphatic carbocycles. The molecule has 0 aromatic heterocycles. The summed E-state index contributed by atoms with van der Waals surface area (Å²) in [6.45, 7) is 3.34. The number of amides is 1. The van der Waals surface area contributed by atoms with Gasteiger partial charge in [0, 0.05) is 6.16 Å². The highest BCUT2D eigenvalue weighted by Gasteiger charge is 2.39. The van der Waals surface area contributed by atoms with Gasteiger partial charge in [-0.1, -0.05) is 30.3 Å². The van der Waals surface area contributed by atoms with Crippen molar-refractivity contribution in [2.75, 3.05) is 26.2 Å². The summed E-state index contributed by atoms with van der Waals surface area (Å²) < 4.78 is 21.9. The molecule has 1 heterocycles. The topological polar surface area (TPSA) is 72.9 Å². The van der Waals surface area contributed by atoms with Crippen molar-refractivity contribution in [3.8, 4) is 0 Å². The van der Waals surface area contributed by atoms with Crippen molar-refractivity contribution >= 4 is 19.2 Å². The Morgan fingerprint density at radius 2 is 2.05 bits per heavy atom. The lowest BCUT2D eigenvalue weighted by Crippen LogP contribution is -2.39. The SMILES string of the molecule is CP(C)(=O)CCC1C(=O)OCN1C(=O)OCc1ccccc1. The van der Waals surface area contributed by atoms with E-state index in [9.17, 15) is 14.2 Å². The Morgan fingerprint density at radius 3 is 2.68 bits per heavy atom. The number of benzene rings is 1.